The zero-order valence-electron chi connectivity index (χ0n) is 10.9. The zero-order valence-corrected chi connectivity index (χ0v) is 12.5. The molecule has 0 aromatic heterocycles. The van der Waals surface area contributed by atoms with Crippen molar-refractivity contribution in [1.29, 1.82) is 0 Å². The van der Waals surface area contributed by atoms with E-state index in [0.717, 1.165) is 15.6 Å². The molecule has 2 nitrogen and oxygen atoms in total. The van der Waals surface area contributed by atoms with Gasteiger partial charge < -0.3 is 4.74 Å². The van der Waals surface area contributed by atoms with Gasteiger partial charge in [0.25, 0.3) is 0 Å². The van der Waals surface area contributed by atoms with Crippen LogP contribution in [-0.4, -0.2) is 5.78 Å². The Morgan fingerprint density at radius 2 is 1.84 bits per heavy atom. The molecule has 0 aliphatic heterocycles. The lowest BCUT2D eigenvalue weighted by Gasteiger charge is -2.10. The first-order valence-corrected chi connectivity index (χ1v) is 6.84. The molecular formula is C16H15BrO2. The first-order valence-electron chi connectivity index (χ1n) is 6.05. The fourth-order valence-corrected chi connectivity index (χ4v) is 2.05. The van der Waals surface area contributed by atoms with Gasteiger partial charge in [-0.1, -0.05) is 39.7 Å². The molecule has 0 unspecified atom stereocenters. The van der Waals surface area contributed by atoms with Crippen LogP contribution in [0.2, 0.25) is 0 Å². The van der Waals surface area contributed by atoms with Crippen molar-refractivity contribution in [3.05, 3.63) is 63.6 Å². The number of carbonyl (C=O) groups is 1. The van der Waals surface area contributed by atoms with E-state index in [-0.39, 0.29) is 5.78 Å². The van der Waals surface area contributed by atoms with Crippen LogP contribution in [0.15, 0.2) is 46.9 Å². The minimum atomic E-state index is 0.0227. The summed E-state index contributed by atoms with van der Waals surface area (Å²) >= 11 is 3.39. The molecule has 98 valence electrons. The van der Waals surface area contributed by atoms with Crippen LogP contribution in [0.25, 0.3) is 0 Å². The highest BCUT2D eigenvalue weighted by molar-refractivity contribution is 9.10. The second-order valence-electron chi connectivity index (χ2n) is 4.47. The summed E-state index contributed by atoms with van der Waals surface area (Å²) in [6.07, 6.45) is 0. The fourth-order valence-electron chi connectivity index (χ4n) is 1.79. The van der Waals surface area contributed by atoms with Crippen molar-refractivity contribution in [3.8, 4) is 5.75 Å². The summed E-state index contributed by atoms with van der Waals surface area (Å²) in [5.74, 6) is 0.663. The summed E-state index contributed by atoms with van der Waals surface area (Å²) in [7, 11) is 0. The van der Waals surface area contributed by atoms with Gasteiger partial charge in [-0.2, -0.15) is 0 Å². The Labute approximate surface area is 121 Å². The standard InChI is InChI=1S/C16H15BrO2/c1-11-3-8-16(15(9-11)12(2)18)19-10-13-4-6-14(17)7-5-13/h3-9H,10H2,1-2H3. The maximum absolute atomic E-state index is 11.6. The third kappa shape index (κ3) is 3.67. The minimum absolute atomic E-state index is 0.0227. The topological polar surface area (TPSA) is 26.3 Å². The molecule has 0 atom stereocenters. The van der Waals surface area contributed by atoms with E-state index in [1.807, 2.05) is 49.4 Å². The molecule has 3 heteroatoms. The Bertz CT molecular complexity index is 588. The van der Waals surface area contributed by atoms with E-state index >= 15 is 0 Å². The van der Waals surface area contributed by atoms with Crippen LogP contribution in [0.5, 0.6) is 5.75 Å². The largest absolute Gasteiger partial charge is 0.488 e. The zero-order chi connectivity index (χ0) is 13.8. The number of carbonyl (C=O) groups excluding carboxylic acids is 1. The predicted octanol–water partition coefficient (Wildman–Crippen LogP) is 4.54. The van der Waals surface area contributed by atoms with Crippen LogP contribution >= 0.6 is 15.9 Å². The first kappa shape index (κ1) is 13.8. The second-order valence-corrected chi connectivity index (χ2v) is 5.39. The van der Waals surface area contributed by atoms with Crippen LogP contribution in [0.4, 0.5) is 0 Å². The lowest BCUT2D eigenvalue weighted by Crippen LogP contribution is -2.02. The third-order valence-corrected chi connectivity index (χ3v) is 3.35. The van der Waals surface area contributed by atoms with Gasteiger partial charge in [0.05, 0.1) is 5.56 Å². The van der Waals surface area contributed by atoms with Crippen molar-refractivity contribution in [3.63, 3.8) is 0 Å². The van der Waals surface area contributed by atoms with Crippen LogP contribution in [0, 0.1) is 6.92 Å². The van der Waals surface area contributed by atoms with Crippen LogP contribution in [0.1, 0.15) is 28.4 Å². The summed E-state index contributed by atoms with van der Waals surface area (Å²) in [6, 6.07) is 13.6. The molecule has 0 spiro atoms. The Kier molecular flexibility index (Phi) is 4.38. The summed E-state index contributed by atoms with van der Waals surface area (Å²) in [4.78, 5) is 11.6. The Morgan fingerprint density at radius 1 is 1.16 bits per heavy atom. The number of hydrogen-bond acceptors (Lipinski definition) is 2. The van der Waals surface area contributed by atoms with Crippen molar-refractivity contribution in [2.24, 2.45) is 0 Å². The van der Waals surface area contributed by atoms with Gasteiger partial charge in [0.15, 0.2) is 5.78 Å². The van der Waals surface area contributed by atoms with E-state index in [4.69, 9.17) is 4.74 Å². The maximum atomic E-state index is 11.6. The predicted molar refractivity (Wildman–Crippen MR) is 79.7 cm³/mol. The molecule has 0 N–H and O–H groups in total. The summed E-state index contributed by atoms with van der Waals surface area (Å²) in [5.41, 5.74) is 2.76. The lowest BCUT2D eigenvalue weighted by molar-refractivity contribution is 0.101. The molecule has 0 radical (unpaired) electrons. The van der Waals surface area contributed by atoms with Crippen molar-refractivity contribution in [2.75, 3.05) is 0 Å². The van der Waals surface area contributed by atoms with E-state index in [0.29, 0.717) is 17.9 Å². The number of Topliss-reactive ketones (excluding diaryl/α,β-unsaturated/α-hetero) is 1. The van der Waals surface area contributed by atoms with Crippen molar-refractivity contribution >= 4 is 21.7 Å². The first-order chi connectivity index (χ1) is 9.06. The molecule has 0 aliphatic rings. The molecule has 0 amide bonds. The number of rotatable bonds is 4. The van der Waals surface area contributed by atoms with Crippen molar-refractivity contribution in [1.82, 2.24) is 0 Å². The summed E-state index contributed by atoms with van der Waals surface area (Å²) < 4.78 is 6.78. The third-order valence-electron chi connectivity index (χ3n) is 2.82. The number of ketones is 1. The highest BCUT2D eigenvalue weighted by atomic mass is 79.9. The highest BCUT2D eigenvalue weighted by Gasteiger charge is 2.08. The number of benzene rings is 2. The molecule has 2 aromatic rings. The number of hydrogen-bond donors (Lipinski definition) is 0. The van der Waals surface area contributed by atoms with Gasteiger partial charge in [-0.25, -0.2) is 0 Å². The Balaban J connectivity index is 2.15. The molecule has 0 bridgehead atoms. The van der Waals surface area contributed by atoms with Gasteiger partial charge in [-0.3, -0.25) is 4.79 Å². The van der Waals surface area contributed by atoms with E-state index < -0.39 is 0 Å². The summed E-state index contributed by atoms with van der Waals surface area (Å²) in [6.45, 7) is 3.98. The number of halogens is 1. The molecule has 2 rings (SSSR count). The van der Waals surface area contributed by atoms with Gasteiger partial charge >= 0.3 is 0 Å². The lowest BCUT2D eigenvalue weighted by atomic mass is 10.1. The van der Waals surface area contributed by atoms with Crippen molar-refractivity contribution < 1.29 is 9.53 Å². The fraction of sp³-hybridized carbons (Fsp3) is 0.188. The second kappa shape index (κ2) is 6.02. The Hall–Kier alpha value is -1.61. The van der Waals surface area contributed by atoms with Gasteiger partial charge in [-0.05, 0) is 43.7 Å². The van der Waals surface area contributed by atoms with Crippen molar-refractivity contribution in [2.45, 2.75) is 20.5 Å². The quantitative estimate of drug-likeness (QED) is 0.774. The minimum Gasteiger partial charge on any atom is -0.488 e. The van der Waals surface area contributed by atoms with E-state index in [1.165, 1.54) is 0 Å². The SMILES string of the molecule is CC(=O)c1cc(C)ccc1OCc1ccc(Br)cc1. The van der Waals surface area contributed by atoms with Crippen LogP contribution in [0.3, 0.4) is 0 Å². The average Bonchev–Trinajstić information content (AvgIpc) is 2.39. The van der Waals surface area contributed by atoms with Gasteiger partial charge in [0, 0.05) is 4.47 Å². The molecule has 0 saturated carbocycles. The van der Waals surface area contributed by atoms with E-state index in [9.17, 15) is 4.79 Å². The molecule has 19 heavy (non-hydrogen) atoms. The smallest absolute Gasteiger partial charge is 0.163 e. The normalized spacial score (nSPS) is 10.3. The maximum Gasteiger partial charge on any atom is 0.163 e. The molecule has 0 heterocycles. The molecule has 0 aliphatic carbocycles. The van der Waals surface area contributed by atoms with Crippen LogP contribution in [-0.2, 0) is 6.61 Å². The molecule has 0 saturated heterocycles. The highest BCUT2D eigenvalue weighted by Crippen LogP contribution is 2.22. The van der Waals surface area contributed by atoms with Crippen LogP contribution < -0.4 is 4.74 Å². The van der Waals surface area contributed by atoms with Gasteiger partial charge in [0.1, 0.15) is 12.4 Å². The molecular weight excluding hydrogens is 304 g/mol. The Morgan fingerprint density at radius 3 is 2.47 bits per heavy atom. The molecule has 2 aromatic carbocycles. The van der Waals surface area contributed by atoms with Gasteiger partial charge in [-0.15, -0.1) is 0 Å². The van der Waals surface area contributed by atoms with E-state index in [2.05, 4.69) is 15.9 Å². The monoisotopic (exact) mass is 318 g/mol. The molecule has 0 fully saturated rings. The summed E-state index contributed by atoms with van der Waals surface area (Å²) in [5, 5.41) is 0. The van der Waals surface area contributed by atoms with E-state index in [1.54, 1.807) is 6.92 Å². The van der Waals surface area contributed by atoms with Gasteiger partial charge in [0.2, 0.25) is 0 Å². The number of ether oxygens (including phenoxy) is 1. The number of aryl methyl sites for hydroxylation is 1. The average molecular weight is 319 g/mol.